The van der Waals surface area contributed by atoms with Crippen molar-refractivity contribution in [1.29, 1.82) is 0 Å². The summed E-state index contributed by atoms with van der Waals surface area (Å²) in [6.45, 7) is 9.40. The van der Waals surface area contributed by atoms with Crippen LogP contribution in [-0.4, -0.2) is 44.4 Å². The van der Waals surface area contributed by atoms with Crippen molar-refractivity contribution in [3.05, 3.63) is 17.5 Å². The van der Waals surface area contributed by atoms with Crippen molar-refractivity contribution in [3.8, 4) is 0 Å². The van der Waals surface area contributed by atoms with Crippen LogP contribution in [0.3, 0.4) is 0 Å². The molecule has 1 aromatic rings. The molecule has 0 radical (unpaired) electrons. The first-order valence-electron chi connectivity index (χ1n) is 9.46. The van der Waals surface area contributed by atoms with E-state index in [1.165, 1.54) is 0 Å². The summed E-state index contributed by atoms with van der Waals surface area (Å²) in [4.78, 5) is 15.4. The number of aliphatic hydroxyl groups is 1. The molecule has 5 nitrogen and oxygen atoms in total. The molecular formula is C19H31N3O2. The number of nitrogens with zero attached hydrogens (tertiary/aromatic N) is 3. The highest BCUT2D eigenvalue weighted by molar-refractivity contribution is 5.93. The second-order valence-electron chi connectivity index (χ2n) is 7.97. The summed E-state index contributed by atoms with van der Waals surface area (Å²) < 4.78 is 1.85. The third-order valence-electron chi connectivity index (χ3n) is 6.07. The number of hydrogen-bond donors (Lipinski definition) is 1. The summed E-state index contributed by atoms with van der Waals surface area (Å²) >= 11 is 0. The average molecular weight is 333 g/mol. The Balaban J connectivity index is 1.89. The van der Waals surface area contributed by atoms with Gasteiger partial charge in [-0.15, -0.1) is 0 Å². The van der Waals surface area contributed by atoms with Crippen molar-refractivity contribution in [1.82, 2.24) is 14.7 Å². The molecule has 3 heterocycles. The van der Waals surface area contributed by atoms with E-state index in [1.807, 2.05) is 17.7 Å². The van der Waals surface area contributed by atoms with Crippen molar-refractivity contribution in [3.63, 3.8) is 0 Å². The molecule has 2 fully saturated rings. The number of aromatic nitrogens is 2. The van der Waals surface area contributed by atoms with E-state index in [-0.39, 0.29) is 30.0 Å². The fraction of sp³-hybridized carbons (Fsp3) is 0.789. The molecule has 2 saturated heterocycles. The minimum Gasteiger partial charge on any atom is -0.396 e. The molecule has 1 N–H and O–H groups in total. The Bertz CT molecular complexity index is 604. The summed E-state index contributed by atoms with van der Waals surface area (Å²) in [6, 6.07) is 2.44. The van der Waals surface area contributed by atoms with Crippen molar-refractivity contribution in [2.75, 3.05) is 6.61 Å². The molecule has 1 aromatic heterocycles. The lowest BCUT2D eigenvalue weighted by Gasteiger charge is -2.34. The number of aliphatic hydroxyl groups excluding tert-OH is 1. The summed E-state index contributed by atoms with van der Waals surface area (Å²) in [6.07, 6.45) is 4.85. The average Bonchev–Trinajstić information content (AvgIpc) is 3.24. The maximum Gasteiger partial charge on any atom is 0.272 e. The largest absolute Gasteiger partial charge is 0.396 e. The monoisotopic (exact) mass is 333 g/mol. The summed E-state index contributed by atoms with van der Waals surface area (Å²) in [5.41, 5.74) is 1.62. The molecule has 2 bridgehead atoms. The molecule has 3 rings (SSSR count). The van der Waals surface area contributed by atoms with Crippen molar-refractivity contribution < 1.29 is 9.90 Å². The molecule has 2 aliphatic heterocycles. The number of aryl methyl sites for hydroxylation is 1. The lowest BCUT2D eigenvalue weighted by atomic mass is 9.72. The predicted octanol–water partition coefficient (Wildman–Crippen LogP) is 2.87. The minimum atomic E-state index is -0.101. The van der Waals surface area contributed by atoms with E-state index in [4.69, 9.17) is 0 Å². The van der Waals surface area contributed by atoms with E-state index in [1.54, 1.807) is 0 Å². The quantitative estimate of drug-likeness (QED) is 0.871. The molecular weight excluding hydrogens is 302 g/mol. The first-order valence-corrected chi connectivity index (χ1v) is 9.46. The lowest BCUT2D eigenvalue weighted by Crippen LogP contribution is -2.42. The van der Waals surface area contributed by atoms with Crippen LogP contribution in [0.2, 0.25) is 0 Å². The molecule has 0 unspecified atom stereocenters. The standard InChI is InChI=1S/C19H31N3O2/c1-5-19(12-23)11-15-7-8-17(19)22(15)18(24)16-10-14(9-13(3)4)20-21(16)6-2/h10,13,15,17,23H,5-9,11-12H2,1-4H3/t15-,17+,19-/m0/s1. The highest BCUT2D eigenvalue weighted by atomic mass is 16.3. The summed E-state index contributed by atoms with van der Waals surface area (Å²) in [5.74, 6) is 0.633. The van der Waals surface area contributed by atoms with E-state index < -0.39 is 0 Å². The van der Waals surface area contributed by atoms with E-state index >= 15 is 0 Å². The zero-order valence-electron chi connectivity index (χ0n) is 15.5. The fourth-order valence-electron chi connectivity index (χ4n) is 4.79. The van der Waals surface area contributed by atoms with Gasteiger partial charge in [0.15, 0.2) is 0 Å². The Hall–Kier alpha value is -1.36. The van der Waals surface area contributed by atoms with Gasteiger partial charge in [0.05, 0.1) is 12.3 Å². The van der Waals surface area contributed by atoms with Gasteiger partial charge in [-0.05, 0) is 51.0 Å². The number of hydrogen-bond acceptors (Lipinski definition) is 3. The predicted molar refractivity (Wildman–Crippen MR) is 93.8 cm³/mol. The van der Waals surface area contributed by atoms with Crippen LogP contribution in [-0.2, 0) is 13.0 Å². The molecule has 134 valence electrons. The van der Waals surface area contributed by atoms with Crippen LogP contribution in [0.1, 0.15) is 69.6 Å². The molecule has 1 amide bonds. The van der Waals surface area contributed by atoms with Crippen LogP contribution < -0.4 is 0 Å². The zero-order valence-corrected chi connectivity index (χ0v) is 15.5. The van der Waals surface area contributed by atoms with Crippen LogP contribution in [0.4, 0.5) is 0 Å². The Morgan fingerprint density at radius 3 is 2.71 bits per heavy atom. The van der Waals surface area contributed by atoms with Crippen molar-refractivity contribution in [2.45, 2.75) is 78.4 Å². The van der Waals surface area contributed by atoms with Gasteiger partial charge in [-0.2, -0.15) is 5.10 Å². The highest BCUT2D eigenvalue weighted by Crippen LogP contribution is 2.51. The van der Waals surface area contributed by atoms with Crippen LogP contribution in [0, 0.1) is 11.3 Å². The molecule has 0 saturated carbocycles. The van der Waals surface area contributed by atoms with E-state index in [2.05, 4.69) is 30.8 Å². The van der Waals surface area contributed by atoms with Crippen LogP contribution in [0.5, 0.6) is 0 Å². The first-order chi connectivity index (χ1) is 11.5. The van der Waals surface area contributed by atoms with E-state index in [9.17, 15) is 9.90 Å². The maximum atomic E-state index is 13.3. The number of fused-ring (bicyclic) bond motifs is 2. The van der Waals surface area contributed by atoms with Gasteiger partial charge < -0.3 is 10.0 Å². The third-order valence-corrected chi connectivity index (χ3v) is 6.07. The highest BCUT2D eigenvalue weighted by Gasteiger charge is 2.56. The summed E-state index contributed by atoms with van der Waals surface area (Å²) in [5, 5.41) is 14.6. The normalized spacial score (nSPS) is 29.0. The van der Waals surface area contributed by atoms with Gasteiger partial charge in [0.2, 0.25) is 0 Å². The molecule has 5 heteroatoms. The lowest BCUT2D eigenvalue weighted by molar-refractivity contribution is 0.0548. The smallest absolute Gasteiger partial charge is 0.272 e. The SMILES string of the molecule is CCn1nc(CC(C)C)cc1C(=O)N1[C@H]2CC[C@@H]1[C@](CC)(CO)C2. The van der Waals surface area contributed by atoms with Gasteiger partial charge in [-0.25, -0.2) is 0 Å². The van der Waals surface area contributed by atoms with Gasteiger partial charge in [-0.1, -0.05) is 20.8 Å². The summed E-state index contributed by atoms with van der Waals surface area (Å²) in [7, 11) is 0. The van der Waals surface area contributed by atoms with E-state index in [0.717, 1.165) is 43.5 Å². The van der Waals surface area contributed by atoms with Gasteiger partial charge in [-0.3, -0.25) is 9.48 Å². The fourth-order valence-corrected chi connectivity index (χ4v) is 4.79. The number of amides is 1. The van der Waals surface area contributed by atoms with Crippen molar-refractivity contribution >= 4 is 5.91 Å². The second kappa shape index (κ2) is 6.51. The van der Waals surface area contributed by atoms with Crippen LogP contribution in [0.25, 0.3) is 0 Å². The van der Waals surface area contributed by atoms with Crippen LogP contribution >= 0.6 is 0 Å². The van der Waals surface area contributed by atoms with Gasteiger partial charge in [0, 0.05) is 24.0 Å². The number of carbonyl (C=O) groups is 1. The Morgan fingerprint density at radius 2 is 2.17 bits per heavy atom. The maximum absolute atomic E-state index is 13.3. The Kier molecular flexibility index (Phi) is 4.73. The van der Waals surface area contributed by atoms with Gasteiger partial charge in [0.25, 0.3) is 5.91 Å². The molecule has 0 spiro atoms. The Labute approximate surface area is 145 Å². The van der Waals surface area contributed by atoms with Crippen LogP contribution in [0.15, 0.2) is 6.07 Å². The molecule has 2 aliphatic rings. The Morgan fingerprint density at radius 1 is 1.42 bits per heavy atom. The molecule has 24 heavy (non-hydrogen) atoms. The van der Waals surface area contributed by atoms with Crippen molar-refractivity contribution in [2.24, 2.45) is 11.3 Å². The minimum absolute atomic E-state index is 0.101. The van der Waals surface area contributed by atoms with Gasteiger partial charge in [0.1, 0.15) is 5.69 Å². The third kappa shape index (κ3) is 2.67. The second-order valence-corrected chi connectivity index (χ2v) is 7.97. The number of carbonyl (C=O) groups excluding carboxylic acids is 1. The number of rotatable bonds is 6. The molecule has 0 aliphatic carbocycles. The van der Waals surface area contributed by atoms with Gasteiger partial charge >= 0.3 is 0 Å². The topological polar surface area (TPSA) is 58.4 Å². The zero-order chi connectivity index (χ0) is 17.5. The van der Waals surface area contributed by atoms with E-state index in [0.29, 0.717) is 12.5 Å². The first kappa shape index (κ1) is 17.5. The molecule has 0 aromatic carbocycles. The molecule has 3 atom stereocenters.